The molecule has 0 spiro atoms. The van der Waals surface area contributed by atoms with Crippen molar-refractivity contribution in [1.82, 2.24) is 4.90 Å². The highest BCUT2D eigenvalue weighted by Gasteiger charge is 2.24. The summed E-state index contributed by atoms with van der Waals surface area (Å²) >= 11 is 0. The van der Waals surface area contributed by atoms with E-state index in [-0.39, 0.29) is 24.2 Å². The molecular formula is C8H15N3O3. The number of carbonyl (C=O) groups is 1. The third-order valence-electron chi connectivity index (χ3n) is 2.31. The van der Waals surface area contributed by atoms with Crippen molar-refractivity contribution in [3.8, 4) is 0 Å². The zero-order valence-electron chi connectivity index (χ0n) is 8.14. The molecule has 0 aromatic rings. The van der Waals surface area contributed by atoms with Crippen molar-refractivity contribution in [3.63, 3.8) is 0 Å². The second-order valence-corrected chi connectivity index (χ2v) is 3.29. The molecule has 0 bridgehead atoms. The highest BCUT2D eigenvalue weighted by molar-refractivity contribution is 5.98. The molecule has 1 aliphatic heterocycles. The van der Waals surface area contributed by atoms with Crippen LogP contribution in [-0.2, 0) is 9.53 Å². The van der Waals surface area contributed by atoms with E-state index in [0.717, 1.165) is 6.42 Å². The average Bonchev–Trinajstić information content (AvgIpc) is 2.69. The largest absolute Gasteiger partial charge is 0.409 e. The Hall–Kier alpha value is -1.30. The molecule has 1 heterocycles. The minimum absolute atomic E-state index is 0.0521. The minimum atomic E-state index is -0.157. The lowest BCUT2D eigenvalue weighted by atomic mass is 10.2. The van der Waals surface area contributed by atoms with Gasteiger partial charge in [-0.2, -0.15) is 0 Å². The van der Waals surface area contributed by atoms with E-state index in [1.54, 1.807) is 11.9 Å². The van der Waals surface area contributed by atoms with Gasteiger partial charge in [0, 0.05) is 13.7 Å². The number of nitrogens with two attached hydrogens (primary N) is 1. The van der Waals surface area contributed by atoms with Gasteiger partial charge in [0.2, 0.25) is 5.91 Å². The van der Waals surface area contributed by atoms with Crippen LogP contribution in [0.4, 0.5) is 0 Å². The van der Waals surface area contributed by atoms with Gasteiger partial charge in [-0.1, -0.05) is 5.16 Å². The van der Waals surface area contributed by atoms with Crippen molar-refractivity contribution in [2.75, 3.05) is 20.3 Å². The number of oxime groups is 1. The van der Waals surface area contributed by atoms with E-state index in [2.05, 4.69) is 5.16 Å². The van der Waals surface area contributed by atoms with E-state index >= 15 is 0 Å². The molecule has 1 atom stereocenters. The first-order valence-corrected chi connectivity index (χ1v) is 4.45. The Morgan fingerprint density at radius 3 is 3.00 bits per heavy atom. The van der Waals surface area contributed by atoms with Crippen molar-refractivity contribution < 1.29 is 14.7 Å². The Bertz CT molecular complexity index is 236. The van der Waals surface area contributed by atoms with Crippen molar-refractivity contribution >= 4 is 11.7 Å². The SMILES string of the molecule is CN(C(=O)CC(N)=NO)C1CCOC1. The summed E-state index contributed by atoms with van der Waals surface area (Å²) in [6.07, 6.45) is 0.794. The van der Waals surface area contributed by atoms with Crippen LogP contribution in [0.5, 0.6) is 0 Å². The first-order chi connectivity index (χ1) is 6.65. The van der Waals surface area contributed by atoms with Crippen molar-refractivity contribution in [1.29, 1.82) is 0 Å². The number of amides is 1. The molecule has 1 amide bonds. The zero-order valence-corrected chi connectivity index (χ0v) is 8.14. The molecule has 80 valence electrons. The molecule has 1 unspecified atom stereocenters. The van der Waals surface area contributed by atoms with Gasteiger partial charge in [0.1, 0.15) is 5.84 Å². The van der Waals surface area contributed by atoms with Crippen LogP contribution in [0.3, 0.4) is 0 Å². The van der Waals surface area contributed by atoms with Gasteiger partial charge in [0.25, 0.3) is 0 Å². The molecule has 1 aliphatic rings. The fraction of sp³-hybridized carbons (Fsp3) is 0.750. The second-order valence-electron chi connectivity index (χ2n) is 3.29. The minimum Gasteiger partial charge on any atom is -0.409 e. The molecule has 0 saturated carbocycles. The quantitative estimate of drug-likeness (QED) is 0.275. The molecule has 14 heavy (non-hydrogen) atoms. The Labute approximate surface area is 82.3 Å². The van der Waals surface area contributed by atoms with Gasteiger partial charge >= 0.3 is 0 Å². The van der Waals surface area contributed by atoms with Crippen molar-refractivity contribution in [2.24, 2.45) is 10.9 Å². The summed E-state index contributed by atoms with van der Waals surface area (Å²) in [5, 5.41) is 11.1. The molecule has 1 fully saturated rings. The van der Waals surface area contributed by atoms with Gasteiger partial charge in [-0.15, -0.1) is 0 Å². The van der Waals surface area contributed by atoms with Crippen LogP contribution < -0.4 is 5.73 Å². The molecule has 1 rings (SSSR count). The van der Waals surface area contributed by atoms with Gasteiger partial charge in [-0.3, -0.25) is 4.79 Å². The Balaban J connectivity index is 2.43. The number of likely N-dealkylation sites (N-methyl/N-ethyl adjacent to an activating group) is 1. The maximum atomic E-state index is 11.5. The lowest BCUT2D eigenvalue weighted by Crippen LogP contribution is -2.39. The lowest BCUT2D eigenvalue weighted by molar-refractivity contribution is -0.130. The van der Waals surface area contributed by atoms with Crippen molar-refractivity contribution in [2.45, 2.75) is 18.9 Å². The topological polar surface area (TPSA) is 88.2 Å². The Morgan fingerprint density at radius 2 is 2.50 bits per heavy atom. The molecule has 6 nitrogen and oxygen atoms in total. The summed E-state index contributed by atoms with van der Waals surface area (Å²) in [5.74, 6) is -0.225. The van der Waals surface area contributed by atoms with Crippen molar-refractivity contribution in [3.05, 3.63) is 0 Å². The number of hydrogen-bond acceptors (Lipinski definition) is 4. The predicted molar refractivity (Wildman–Crippen MR) is 50.0 cm³/mol. The molecule has 0 radical (unpaired) electrons. The number of carbonyl (C=O) groups excluding carboxylic acids is 1. The van der Waals surface area contributed by atoms with Crippen LogP contribution in [0.15, 0.2) is 5.16 Å². The molecule has 0 aliphatic carbocycles. The van der Waals surface area contributed by atoms with E-state index in [1.165, 1.54) is 0 Å². The number of rotatable bonds is 3. The number of ether oxygens (including phenoxy) is 1. The van der Waals surface area contributed by atoms with Crippen LogP contribution in [0.25, 0.3) is 0 Å². The van der Waals surface area contributed by atoms with Gasteiger partial charge in [-0.25, -0.2) is 0 Å². The third-order valence-corrected chi connectivity index (χ3v) is 2.31. The van der Waals surface area contributed by atoms with Crippen LogP contribution in [0.2, 0.25) is 0 Å². The van der Waals surface area contributed by atoms with Gasteiger partial charge in [0.15, 0.2) is 0 Å². The fourth-order valence-electron chi connectivity index (χ4n) is 1.35. The maximum Gasteiger partial charge on any atom is 0.230 e. The van der Waals surface area contributed by atoms with Crippen LogP contribution in [-0.4, -0.2) is 48.2 Å². The average molecular weight is 201 g/mol. The maximum absolute atomic E-state index is 11.5. The van der Waals surface area contributed by atoms with Gasteiger partial charge in [0.05, 0.1) is 19.1 Å². The van der Waals surface area contributed by atoms with Crippen LogP contribution >= 0.6 is 0 Å². The molecule has 6 heteroatoms. The van der Waals surface area contributed by atoms with Gasteiger partial charge < -0.3 is 20.6 Å². The molecule has 1 saturated heterocycles. The molecule has 0 aromatic heterocycles. The summed E-state index contributed by atoms with van der Waals surface area (Å²) in [5.41, 5.74) is 5.23. The highest BCUT2D eigenvalue weighted by atomic mass is 16.5. The summed E-state index contributed by atoms with van der Waals surface area (Å²) in [6, 6.07) is 0.119. The van der Waals surface area contributed by atoms with E-state index in [1.807, 2.05) is 0 Å². The van der Waals surface area contributed by atoms with E-state index < -0.39 is 0 Å². The molecule has 0 aromatic carbocycles. The highest BCUT2D eigenvalue weighted by Crippen LogP contribution is 2.11. The third kappa shape index (κ3) is 2.59. The Kier molecular flexibility index (Phi) is 3.70. The standard InChI is InChI=1S/C8H15N3O3/c1-11(6-2-3-14-5-6)8(12)4-7(9)10-13/h6,13H,2-5H2,1H3,(H2,9,10). The summed E-state index contributed by atoms with van der Waals surface area (Å²) < 4.78 is 5.15. The smallest absolute Gasteiger partial charge is 0.230 e. The Morgan fingerprint density at radius 1 is 1.79 bits per heavy atom. The number of hydrogen-bond donors (Lipinski definition) is 2. The molecular weight excluding hydrogens is 186 g/mol. The normalized spacial score (nSPS) is 22.4. The van der Waals surface area contributed by atoms with Gasteiger partial charge in [-0.05, 0) is 6.42 Å². The summed E-state index contributed by atoms with van der Waals surface area (Å²) in [4.78, 5) is 13.1. The first-order valence-electron chi connectivity index (χ1n) is 4.45. The van der Waals surface area contributed by atoms with E-state index in [0.29, 0.717) is 13.2 Å². The summed E-state index contributed by atoms with van der Waals surface area (Å²) in [6.45, 7) is 1.25. The number of amidine groups is 1. The second kappa shape index (κ2) is 4.80. The van der Waals surface area contributed by atoms with E-state index in [4.69, 9.17) is 15.7 Å². The van der Waals surface area contributed by atoms with Crippen LogP contribution in [0, 0.1) is 0 Å². The van der Waals surface area contributed by atoms with Crippen LogP contribution in [0.1, 0.15) is 12.8 Å². The first kappa shape index (κ1) is 10.8. The monoisotopic (exact) mass is 201 g/mol. The number of nitrogens with zero attached hydrogens (tertiary/aromatic N) is 2. The van der Waals surface area contributed by atoms with E-state index in [9.17, 15) is 4.79 Å². The predicted octanol–water partition coefficient (Wildman–Crippen LogP) is -0.630. The summed E-state index contributed by atoms with van der Waals surface area (Å²) in [7, 11) is 1.70. The zero-order chi connectivity index (χ0) is 10.6. The molecule has 3 N–H and O–H groups in total. The lowest BCUT2D eigenvalue weighted by Gasteiger charge is -2.22. The fourth-order valence-corrected chi connectivity index (χ4v) is 1.35.